The monoisotopic (exact) mass is 449 g/mol. The highest BCUT2D eigenvalue weighted by Gasteiger charge is 2.21. The molecule has 0 bridgehead atoms. The van der Waals surface area contributed by atoms with E-state index in [1.807, 2.05) is 30.3 Å². The number of thiophene rings is 1. The lowest BCUT2D eigenvalue weighted by Gasteiger charge is -2.09. The maximum Gasteiger partial charge on any atom is 0.206 e. The molecule has 0 saturated carbocycles. The molecule has 1 atom stereocenters. The van der Waals surface area contributed by atoms with Gasteiger partial charge in [0.15, 0.2) is 11.1 Å². The Kier molecular flexibility index (Phi) is 7.32. The Morgan fingerprint density at radius 3 is 2.58 bits per heavy atom. The summed E-state index contributed by atoms with van der Waals surface area (Å²) in [4.78, 5) is 14.0. The number of carbonyl (C=O) groups is 1. The molecule has 0 aliphatic rings. The number of carbonyl (C=O) groups excluding carboxylic acids is 1. The molecule has 3 aromatic rings. The largest absolute Gasteiger partial charge is 0.487 e. The summed E-state index contributed by atoms with van der Waals surface area (Å²) in [6, 6.07) is 16.1. The first-order chi connectivity index (χ1) is 14.9. The quantitative estimate of drug-likeness (QED) is 0.274. The van der Waals surface area contributed by atoms with Crippen molar-refractivity contribution in [1.82, 2.24) is 0 Å². The van der Waals surface area contributed by atoms with Gasteiger partial charge in [0.1, 0.15) is 17.2 Å². The van der Waals surface area contributed by atoms with Gasteiger partial charge in [0.2, 0.25) is 5.78 Å². The van der Waals surface area contributed by atoms with Crippen LogP contribution in [0.4, 0.5) is 0 Å². The lowest BCUT2D eigenvalue weighted by atomic mass is 10.1. The summed E-state index contributed by atoms with van der Waals surface area (Å²) >= 11 is -0.688. The zero-order chi connectivity index (χ0) is 22.4. The molecule has 0 saturated heterocycles. The van der Waals surface area contributed by atoms with Gasteiger partial charge in [-0.25, -0.2) is 4.21 Å². The molecule has 0 aliphatic carbocycles. The van der Waals surface area contributed by atoms with E-state index in [9.17, 15) is 9.00 Å². The zero-order valence-electron chi connectivity index (χ0n) is 16.7. The van der Waals surface area contributed by atoms with Crippen LogP contribution in [0.25, 0.3) is 10.1 Å². The van der Waals surface area contributed by atoms with Gasteiger partial charge in [-0.05, 0) is 55.0 Å². The fourth-order valence-electron chi connectivity index (χ4n) is 2.76. The second-order valence-electron chi connectivity index (χ2n) is 6.54. The SMILES string of the molecule is C=C/C(=C\C=C(/C)S(=O)O)COc1c(C(=O)c2ccc(C#N)cc2)sc2ccccc12. The van der Waals surface area contributed by atoms with Crippen LogP contribution in [0, 0.1) is 11.3 Å². The van der Waals surface area contributed by atoms with Gasteiger partial charge in [-0.1, -0.05) is 30.9 Å². The van der Waals surface area contributed by atoms with E-state index in [0.29, 0.717) is 32.2 Å². The van der Waals surface area contributed by atoms with E-state index in [2.05, 4.69) is 6.58 Å². The average molecular weight is 450 g/mol. The summed E-state index contributed by atoms with van der Waals surface area (Å²) in [6.45, 7) is 5.45. The summed E-state index contributed by atoms with van der Waals surface area (Å²) in [6.07, 6.45) is 4.79. The molecule has 31 heavy (non-hydrogen) atoms. The highest BCUT2D eigenvalue weighted by Crippen LogP contribution is 2.39. The highest BCUT2D eigenvalue weighted by atomic mass is 32.2. The smallest absolute Gasteiger partial charge is 0.206 e. The van der Waals surface area contributed by atoms with Gasteiger partial charge >= 0.3 is 0 Å². The molecule has 1 aromatic heterocycles. The topological polar surface area (TPSA) is 87.4 Å². The molecule has 0 fully saturated rings. The number of ether oxygens (including phenoxy) is 1. The third-order valence-corrected chi connectivity index (χ3v) is 6.32. The van der Waals surface area contributed by atoms with Crippen molar-refractivity contribution in [3.8, 4) is 11.8 Å². The van der Waals surface area contributed by atoms with Gasteiger partial charge in [0, 0.05) is 20.6 Å². The van der Waals surface area contributed by atoms with E-state index in [4.69, 9.17) is 14.6 Å². The Morgan fingerprint density at radius 1 is 1.23 bits per heavy atom. The molecular formula is C24H19NO4S2. The van der Waals surface area contributed by atoms with Crippen molar-refractivity contribution in [3.63, 3.8) is 0 Å². The number of benzene rings is 2. The van der Waals surface area contributed by atoms with Gasteiger partial charge in [-0.2, -0.15) is 5.26 Å². The first kappa shape index (κ1) is 22.4. The summed E-state index contributed by atoms with van der Waals surface area (Å²) in [5.41, 5.74) is 1.65. The molecule has 0 radical (unpaired) electrons. The van der Waals surface area contributed by atoms with Crippen LogP contribution in [0.5, 0.6) is 5.75 Å². The van der Waals surface area contributed by atoms with Crippen molar-refractivity contribution >= 4 is 38.3 Å². The van der Waals surface area contributed by atoms with Crippen LogP contribution >= 0.6 is 11.3 Å². The predicted molar refractivity (Wildman–Crippen MR) is 125 cm³/mol. The van der Waals surface area contributed by atoms with E-state index in [1.165, 1.54) is 17.4 Å². The summed E-state index contributed by atoms with van der Waals surface area (Å²) in [5, 5.41) is 9.81. The molecule has 1 heterocycles. The van der Waals surface area contributed by atoms with Crippen molar-refractivity contribution in [1.29, 1.82) is 5.26 Å². The fourth-order valence-corrected chi connectivity index (χ4v) is 4.05. The van der Waals surface area contributed by atoms with Crippen LogP contribution in [-0.2, 0) is 11.1 Å². The van der Waals surface area contributed by atoms with Crippen molar-refractivity contribution < 1.29 is 18.3 Å². The second kappa shape index (κ2) is 10.1. The molecular weight excluding hydrogens is 430 g/mol. The van der Waals surface area contributed by atoms with E-state index in [0.717, 1.165) is 10.1 Å². The Morgan fingerprint density at radius 2 is 1.94 bits per heavy atom. The van der Waals surface area contributed by atoms with E-state index in [1.54, 1.807) is 43.3 Å². The second-order valence-corrected chi connectivity index (χ2v) is 8.73. The molecule has 156 valence electrons. The van der Waals surface area contributed by atoms with Crippen molar-refractivity contribution in [2.24, 2.45) is 0 Å². The van der Waals surface area contributed by atoms with Gasteiger partial charge in [0.05, 0.1) is 11.6 Å². The zero-order valence-corrected chi connectivity index (χ0v) is 18.3. The third-order valence-electron chi connectivity index (χ3n) is 4.49. The molecule has 0 aliphatic heterocycles. The van der Waals surface area contributed by atoms with Crippen molar-refractivity contribution in [2.75, 3.05) is 6.61 Å². The van der Waals surface area contributed by atoms with Crippen molar-refractivity contribution in [2.45, 2.75) is 6.92 Å². The third kappa shape index (κ3) is 5.25. The number of fused-ring (bicyclic) bond motifs is 1. The summed E-state index contributed by atoms with van der Waals surface area (Å²) < 4.78 is 27.2. The number of nitriles is 1. The van der Waals surface area contributed by atoms with Gasteiger partial charge in [-0.3, -0.25) is 4.79 Å². The lowest BCUT2D eigenvalue weighted by molar-refractivity contribution is 0.103. The Bertz CT molecular complexity index is 1260. The van der Waals surface area contributed by atoms with Crippen LogP contribution < -0.4 is 4.74 Å². The van der Waals surface area contributed by atoms with Crippen LogP contribution in [0.1, 0.15) is 27.7 Å². The minimum Gasteiger partial charge on any atom is -0.487 e. The van der Waals surface area contributed by atoms with Crippen LogP contribution in [0.15, 0.2) is 83.8 Å². The number of allylic oxidation sites excluding steroid dienone is 3. The molecule has 5 nitrogen and oxygen atoms in total. The normalized spacial score (nSPS) is 12.9. The highest BCUT2D eigenvalue weighted by molar-refractivity contribution is 7.83. The van der Waals surface area contributed by atoms with Crippen LogP contribution in [-0.4, -0.2) is 21.2 Å². The van der Waals surface area contributed by atoms with Crippen LogP contribution in [0.2, 0.25) is 0 Å². The number of rotatable bonds is 8. The molecule has 3 rings (SSSR count). The first-order valence-corrected chi connectivity index (χ1v) is 11.2. The fraction of sp³-hybridized carbons (Fsp3) is 0.0833. The van der Waals surface area contributed by atoms with E-state index in [-0.39, 0.29) is 12.4 Å². The molecule has 2 aromatic carbocycles. The lowest BCUT2D eigenvalue weighted by Crippen LogP contribution is -2.05. The molecule has 1 N–H and O–H groups in total. The number of hydrogen-bond acceptors (Lipinski definition) is 5. The minimum atomic E-state index is -2.04. The predicted octanol–water partition coefficient (Wildman–Crippen LogP) is 5.62. The Labute approximate surface area is 186 Å². The summed E-state index contributed by atoms with van der Waals surface area (Å²) in [5.74, 6) is 0.297. The Hall–Kier alpha value is -3.31. The molecule has 0 amide bonds. The van der Waals surface area contributed by atoms with Gasteiger partial charge < -0.3 is 9.29 Å². The molecule has 0 spiro atoms. The molecule has 1 unspecified atom stereocenters. The number of ketones is 1. The van der Waals surface area contributed by atoms with Gasteiger partial charge in [0.25, 0.3) is 0 Å². The standard InChI is InChI=1S/C24H19NO4S2/c1-3-17(9-8-16(2)31(27)28)15-29-23-20-6-4-5-7-21(20)30-24(23)22(26)19-12-10-18(14-25)11-13-19/h3-13H,1,15H2,2H3,(H,27,28)/b16-8+,17-9+. The number of hydrogen-bond donors (Lipinski definition) is 1. The summed E-state index contributed by atoms with van der Waals surface area (Å²) in [7, 11) is 0. The maximum atomic E-state index is 13.2. The first-order valence-electron chi connectivity index (χ1n) is 9.24. The van der Waals surface area contributed by atoms with E-state index < -0.39 is 11.1 Å². The average Bonchev–Trinajstić information content (AvgIpc) is 3.17. The maximum absolute atomic E-state index is 13.2. The minimum absolute atomic E-state index is 0.139. The number of nitrogens with zero attached hydrogens (tertiary/aromatic N) is 1. The Balaban J connectivity index is 1.95. The van der Waals surface area contributed by atoms with Crippen molar-refractivity contribution in [3.05, 3.63) is 99.8 Å². The van der Waals surface area contributed by atoms with Crippen LogP contribution in [0.3, 0.4) is 0 Å². The van der Waals surface area contributed by atoms with Gasteiger partial charge in [-0.15, -0.1) is 11.3 Å². The van der Waals surface area contributed by atoms with E-state index >= 15 is 0 Å². The molecule has 7 heteroatoms.